The van der Waals surface area contributed by atoms with Gasteiger partial charge in [-0.25, -0.2) is 0 Å². The van der Waals surface area contributed by atoms with Crippen LogP contribution in [0.3, 0.4) is 0 Å². The predicted molar refractivity (Wildman–Crippen MR) is 60.0 cm³/mol. The van der Waals surface area contributed by atoms with Crippen molar-refractivity contribution in [1.29, 1.82) is 0 Å². The summed E-state index contributed by atoms with van der Waals surface area (Å²) in [7, 11) is 0. The number of phenolic OH excluding ortho intramolecular Hbond substituents is 3. The highest BCUT2D eigenvalue weighted by molar-refractivity contribution is 6.03. The van der Waals surface area contributed by atoms with Crippen LogP contribution in [-0.2, 0) is 0 Å². The Morgan fingerprint density at radius 1 is 1.31 bits per heavy atom. The third kappa shape index (κ3) is 1.96. The zero-order chi connectivity index (χ0) is 12.5. The number of hydrogen-bond donors (Lipinski definition) is 3. The van der Waals surface area contributed by atoms with Gasteiger partial charge in [0.25, 0.3) is 0 Å². The van der Waals surface area contributed by atoms with Gasteiger partial charge in [-0.3, -0.25) is 4.79 Å². The van der Waals surface area contributed by atoms with E-state index >= 15 is 0 Å². The molecule has 0 aliphatic rings. The summed E-state index contributed by atoms with van der Waals surface area (Å²) >= 11 is 0. The van der Waals surface area contributed by atoms with Gasteiger partial charge in [-0.15, -0.1) is 0 Å². The average molecular weight is 224 g/mol. The van der Waals surface area contributed by atoms with Crippen LogP contribution in [0, 0.1) is 12.8 Å². The van der Waals surface area contributed by atoms with E-state index in [4.69, 9.17) is 0 Å². The number of rotatable bonds is 3. The first-order valence-corrected chi connectivity index (χ1v) is 5.18. The van der Waals surface area contributed by atoms with Gasteiger partial charge < -0.3 is 15.3 Å². The van der Waals surface area contributed by atoms with Crippen LogP contribution in [0.4, 0.5) is 0 Å². The highest BCUT2D eigenvalue weighted by atomic mass is 16.3. The molecule has 4 nitrogen and oxygen atoms in total. The summed E-state index contributed by atoms with van der Waals surface area (Å²) in [5, 5.41) is 28.7. The molecule has 4 heteroatoms. The Morgan fingerprint density at radius 3 is 2.38 bits per heavy atom. The quantitative estimate of drug-likeness (QED) is 0.688. The normalized spacial score (nSPS) is 12.4. The van der Waals surface area contributed by atoms with Gasteiger partial charge >= 0.3 is 0 Å². The Labute approximate surface area is 94.2 Å². The van der Waals surface area contributed by atoms with Crippen LogP contribution in [0.2, 0.25) is 0 Å². The molecule has 3 N–H and O–H groups in total. The number of phenols is 3. The molecule has 0 heterocycles. The van der Waals surface area contributed by atoms with Crippen molar-refractivity contribution in [2.75, 3.05) is 0 Å². The molecule has 16 heavy (non-hydrogen) atoms. The molecule has 1 rings (SSSR count). The van der Waals surface area contributed by atoms with Crippen LogP contribution in [-0.4, -0.2) is 21.1 Å². The summed E-state index contributed by atoms with van der Waals surface area (Å²) in [5.74, 6) is -1.55. The van der Waals surface area contributed by atoms with Gasteiger partial charge in [-0.05, 0) is 13.3 Å². The van der Waals surface area contributed by atoms with Crippen LogP contribution in [0.1, 0.15) is 36.2 Å². The first-order chi connectivity index (χ1) is 7.40. The fourth-order valence-corrected chi connectivity index (χ4v) is 1.41. The Kier molecular flexibility index (Phi) is 3.42. The second kappa shape index (κ2) is 4.43. The molecule has 0 radical (unpaired) electrons. The molecular formula is C12H16O4. The Bertz CT molecular complexity index is 424. The molecule has 0 unspecified atom stereocenters. The number of Topliss-reactive ketones (excluding diaryl/α,β-unsaturated/α-hetero) is 1. The molecule has 0 aliphatic carbocycles. The van der Waals surface area contributed by atoms with Gasteiger partial charge in [-0.2, -0.15) is 0 Å². The molecule has 0 aromatic heterocycles. The van der Waals surface area contributed by atoms with E-state index in [2.05, 4.69) is 0 Å². The van der Waals surface area contributed by atoms with E-state index in [1.807, 2.05) is 6.92 Å². The highest BCUT2D eigenvalue weighted by Crippen LogP contribution is 2.38. The Morgan fingerprint density at radius 2 is 1.88 bits per heavy atom. The van der Waals surface area contributed by atoms with Gasteiger partial charge in [0.15, 0.2) is 5.78 Å². The molecule has 0 spiro atoms. The largest absolute Gasteiger partial charge is 0.507 e. The standard InChI is InChI=1S/C12H16O4/c1-4-6(2)11(15)10-9(14)5-8(13)7(3)12(10)16/h5-6,13-14,16H,4H2,1-3H3/t6-/m0/s1. The molecule has 1 atom stereocenters. The summed E-state index contributed by atoms with van der Waals surface area (Å²) in [6.45, 7) is 5.06. The third-order valence-electron chi connectivity index (χ3n) is 2.81. The van der Waals surface area contributed by atoms with E-state index in [9.17, 15) is 20.1 Å². The predicted octanol–water partition coefficient (Wildman–Crippen LogP) is 2.34. The van der Waals surface area contributed by atoms with Gasteiger partial charge in [0.05, 0.1) is 0 Å². The van der Waals surface area contributed by atoms with Crippen LogP contribution in [0.25, 0.3) is 0 Å². The number of ketones is 1. The van der Waals surface area contributed by atoms with E-state index in [0.29, 0.717) is 6.42 Å². The molecule has 1 aromatic carbocycles. The van der Waals surface area contributed by atoms with E-state index in [-0.39, 0.29) is 40.1 Å². The van der Waals surface area contributed by atoms with Gasteiger partial charge in [0, 0.05) is 17.5 Å². The van der Waals surface area contributed by atoms with E-state index in [1.54, 1.807) is 6.92 Å². The smallest absolute Gasteiger partial charge is 0.173 e. The summed E-state index contributed by atoms with van der Waals surface area (Å²) < 4.78 is 0. The van der Waals surface area contributed by atoms with Crippen molar-refractivity contribution in [3.8, 4) is 17.2 Å². The van der Waals surface area contributed by atoms with Crippen molar-refractivity contribution < 1.29 is 20.1 Å². The highest BCUT2D eigenvalue weighted by Gasteiger charge is 2.23. The van der Waals surface area contributed by atoms with Crippen LogP contribution < -0.4 is 0 Å². The fourth-order valence-electron chi connectivity index (χ4n) is 1.41. The number of benzene rings is 1. The SMILES string of the molecule is CC[C@H](C)C(=O)c1c(O)cc(O)c(C)c1O. The van der Waals surface area contributed by atoms with Crippen molar-refractivity contribution in [2.45, 2.75) is 27.2 Å². The summed E-state index contributed by atoms with van der Waals surface area (Å²) in [5.41, 5.74) is 0.0918. The lowest BCUT2D eigenvalue weighted by Crippen LogP contribution is -2.11. The topological polar surface area (TPSA) is 77.8 Å². The van der Waals surface area contributed by atoms with Crippen molar-refractivity contribution in [2.24, 2.45) is 5.92 Å². The number of hydrogen-bond acceptors (Lipinski definition) is 4. The molecule has 0 saturated heterocycles. The van der Waals surface area contributed by atoms with Crippen LogP contribution >= 0.6 is 0 Å². The zero-order valence-corrected chi connectivity index (χ0v) is 9.61. The number of carbonyl (C=O) groups is 1. The minimum Gasteiger partial charge on any atom is -0.507 e. The fraction of sp³-hybridized carbons (Fsp3) is 0.417. The van der Waals surface area contributed by atoms with Gasteiger partial charge in [0.2, 0.25) is 0 Å². The Balaban J connectivity index is 3.34. The molecule has 0 amide bonds. The third-order valence-corrected chi connectivity index (χ3v) is 2.81. The van der Waals surface area contributed by atoms with Crippen molar-refractivity contribution in [1.82, 2.24) is 0 Å². The van der Waals surface area contributed by atoms with Crippen molar-refractivity contribution >= 4 is 5.78 Å². The summed E-state index contributed by atoms with van der Waals surface area (Å²) in [4.78, 5) is 11.9. The van der Waals surface area contributed by atoms with Gasteiger partial charge in [-0.1, -0.05) is 13.8 Å². The monoisotopic (exact) mass is 224 g/mol. The lowest BCUT2D eigenvalue weighted by molar-refractivity contribution is 0.0921. The molecule has 0 saturated carbocycles. The summed E-state index contributed by atoms with van der Waals surface area (Å²) in [6, 6.07) is 1.07. The molecule has 1 aromatic rings. The molecular weight excluding hydrogens is 208 g/mol. The van der Waals surface area contributed by atoms with Crippen LogP contribution in [0.15, 0.2) is 6.07 Å². The van der Waals surface area contributed by atoms with E-state index in [1.165, 1.54) is 6.92 Å². The number of carbonyl (C=O) groups excluding carboxylic acids is 1. The molecule has 88 valence electrons. The lowest BCUT2D eigenvalue weighted by Gasteiger charge is -2.13. The van der Waals surface area contributed by atoms with Crippen molar-refractivity contribution in [3.63, 3.8) is 0 Å². The molecule has 0 aliphatic heterocycles. The Hall–Kier alpha value is -1.71. The van der Waals surface area contributed by atoms with Gasteiger partial charge in [0.1, 0.15) is 22.8 Å². The molecule has 0 fully saturated rings. The minimum absolute atomic E-state index is 0.107. The average Bonchev–Trinajstić information content (AvgIpc) is 2.24. The van der Waals surface area contributed by atoms with E-state index in [0.717, 1.165) is 6.07 Å². The van der Waals surface area contributed by atoms with Crippen LogP contribution in [0.5, 0.6) is 17.2 Å². The lowest BCUT2D eigenvalue weighted by atomic mass is 9.94. The first kappa shape index (κ1) is 12.4. The maximum Gasteiger partial charge on any atom is 0.173 e. The minimum atomic E-state index is -0.383. The number of aromatic hydroxyl groups is 3. The maximum absolute atomic E-state index is 11.9. The second-order valence-corrected chi connectivity index (χ2v) is 3.94. The van der Waals surface area contributed by atoms with E-state index < -0.39 is 0 Å². The maximum atomic E-state index is 11.9. The zero-order valence-electron chi connectivity index (χ0n) is 9.61. The van der Waals surface area contributed by atoms with Crippen molar-refractivity contribution in [3.05, 3.63) is 17.2 Å². The molecule has 0 bridgehead atoms. The second-order valence-electron chi connectivity index (χ2n) is 3.94. The first-order valence-electron chi connectivity index (χ1n) is 5.18. The summed E-state index contributed by atoms with van der Waals surface area (Å²) in [6.07, 6.45) is 0.623.